The van der Waals surface area contributed by atoms with Gasteiger partial charge >= 0.3 is 0 Å². The van der Waals surface area contributed by atoms with E-state index in [-0.39, 0.29) is 11.6 Å². The monoisotopic (exact) mass is 320 g/mol. The van der Waals surface area contributed by atoms with Crippen molar-refractivity contribution in [2.75, 3.05) is 0 Å². The number of furan rings is 1. The number of amides is 1. The standard InChI is InChI=1S/C20H20N2O2/c1-13-10-18(13)19-9-8-17(24-19)11-16(12-21)20(23)22-14(2)15-6-4-3-5-7-15/h3-9,11,13-14,18H,10H2,1-2H3,(H,22,23)/b16-11+. The van der Waals surface area contributed by atoms with Gasteiger partial charge in [-0.15, -0.1) is 0 Å². The highest BCUT2D eigenvalue weighted by Gasteiger charge is 2.36. The van der Waals surface area contributed by atoms with Gasteiger partial charge in [0.15, 0.2) is 0 Å². The number of nitriles is 1. The fourth-order valence-electron chi connectivity index (χ4n) is 2.75. The third-order valence-electron chi connectivity index (χ3n) is 4.42. The zero-order valence-electron chi connectivity index (χ0n) is 13.8. The van der Waals surface area contributed by atoms with Crippen LogP contribution in [0.5, 0.6) is 0 Å². The van der Waals surface area contributed by atoms with Gasteiger partial charge in [0.2, 0.25) is 0 Å². The number of benzene rings is 1. The first-order valence-electron chi connectivity index (χ1n) is 8.16. The number of rotatable bonds is 5. The molecule has 4 nitrogen and oxygen atoms in total. The fourth-order valence-corrected chi connectivity index (χ4v) is 2.75. The lowest BCUT2D eigenvalue weighted by Gasteiger charge is -2.13. The summed E-state index contributed by atoms with van der Waals surface area (Å²) in [6.45, 7) is 4.07. The van der Waals surface area contributed by atoms with Crippen LogP contribution in [-0.4, -0.2) is 5.91 Å². The molecule has 1 aromatic heterocycles. The van der Waals surface area contributed by atoms with E-state index in [0.29, 0.717) is 17.6 Å². The second kappa shape index (κ2) is 6.76. The van der Waals surface area contributed by atoms with Gasteiger partial charge in [-0.1, -0.05) is 37.3 Å². The van der Waals surface area contributed by atoms with Gasteiger partial charge in [-0.2, -0.15) is 5.26 Å². The predicted octanol–water partition coefficient (Wildman–Crippen LogP) is 4.19. The number of carbonyl (C=O) groups is 1. The van der Waals surface area contributed by atoms with E-state index in [9.17, 15) is 10.1 Å². The molecular formula is C20H20N2O2. The van der Waals surface area contributed by atoms with Crippen LogP contribution < -0.4 is 5.32 Å². The first kappa shape index (κ1) is 16.1. The van der Waals surface area contributed by atoms with E-state index < -0.39 is 5.91 Å². The molecule has 0 spiro atoms. The number of nitrogens with zero attached hydrogens (tertiary/aromatic N) is 1. The van der Waals surface area contributed by atoms with Crippen molar-refractivity contribution in [2.45, 2.75) is 32.2 Å². The van der Waals surface area contributed by atoms with Crippen molar-refractivity contribution in [3.05, 3.63) is 65.1 Å². The van der Waals surface area contributed by atoms with Crippen LogP contribution in [-0.2, 0) is 4.79 Å². The molecule has 1 heterocycles. The van der Waals surface area contributed by atoms with Crippen molar-refractivity contribution in [1.29, 1.82) is 5.26 Å². The molecule has 1 saturated carbocycles. The van der Waals surface area contributed by atoms with Gasteiger partial charge in [-0.05, 0) is 37.0 Å². The summed E-state index contributed by atoms with van der Waals surface area (Å²) in [5.74, 6) is 2.21. The van der Waals surface area contributed by atoms with E-state index in [1.807, 2.05) is 55.5 Å². The normalized spacial score (nSPS) is 21.0. The van der Waals surface area contributed by atoms with E-state index >= 15 is 0 Å². The fraction of sp³-hybridized carbons (Fsp3) is 0.300. The molecule has 1 N–H and O–H groups in total. The molecule has 0 saturated heterocycles. The Morgan fingerprint density at radius 1 is 1.33 bits per heavy atom. The highest BCUT2D eigenvalue weighted by atomic mass is 16.3. The molecule has 3 rings (SSSR count). The molecule has 4 heteroatoms. The number of hydrogen-bond acceptors (Lipinski definition) is 3. The molecule has 2 aromatic rings. The van der Waals surface area contributed by atoms with Crippen LogP contribution in [0.25, 0.3) is 6.08 Å². The average molecular weight is 320 g/mol. The summed E-state index contributed by atoms with van der Waals surface area (Å²) in [6.07, 6.45) is 2.64. The van der Waals surface area contributed by atoms with Crippen LogP contribution in [0.4, 0.5) is 0 Å². The van der Waals surface area contributed by atoms with E-state index in [4.69, 9.17) is 4.42 Å². The maximum absolute atomic E-state index is 12.3. The van der Waals surface area contributed by atoms with Crippen LogP contribution in [0.3, 0.4) is 0 Å². The Morgan fingerprint density at radius 2 is 2.04 bits per heavy atom. The lowest BCUT2D eigenvalue weighted by molar-refractivity contribution is -0.117. The Bertz CT molecular complexity index is 799. The summed E-state index contributed by atoms with van der Waals surface area (Å²) in [7, 11) is 0. The molecule has 0 bridgehead atoms. The van der Waals surface area contributed by atoms with Crippen LogP contribution in [0.15, 0.2) is 52.5 Å². The third kappa shape index (κ3) is 3.57. The van der Waals surface area contributed by atoms with Crippen molar-refractivity contribution in [2.24, 2.45) is 5.92 Å². The molecule has 1 amide bonds. The van der Waals surface area contributed by atoms with Crippen molar-refractivity contribution >= 4 is 12.0 Å². The minimum atomic E-state index is -0.397. The Kier molecular flexibility index (Phi) is 4.52. The lowest BCUT2D eigenvalue weighted by Crippen LogP contribution is -2.27. The molecule has 1 fully saturated rings. The Morgan fingerprint density at radius 3 is 2.67 bits per heavy atom. The van der Waals surface area contributed by atoms with Gasteiger partial charge in [0.1, 0.15) is 23.2 Å². The Labute approximate surface area is 141 Å². The molecule has 1 aromatic carbocycles. The molecule has 1 aliphatic rings. The Hall–Kier alpha value is -2.80. The summed E-state index contributed by atoms with van der Waals surface area (Å²) in [5, 5.41) is 12.1. The van der Waals surface area contributed by atoms with Gasteiger partial charge in [0.25, 0.3) is 5.91 Å². The summed E-state index contributed by atoms with van der Waals surface area (Å²) >= 11 is 0. The van der Waals surface area contributed by atoms with E-state index in [0.717, 1.165) is 17.7 Å². The van der Waals surface area contributed by atoms with Crippen LogP contribution in [0.2, 0.25) is 0 Å². The summed E-state index contributed by atoms with van der Waals surface area (Å²) < 4.78 is 5.74. The number of hydrogen-bond donors (Lipinski definition) is 1. The molecule has 24 heavy (non-hydrogen) atoms. The summed E-state index contributed by atoms with van der Waals surface area (Å²) in [6, 6.07) is 15.2. The highest BCUT2D eigenvalue weighted by molar-refractivity contribution is 6.01. The van der Waals surface area contributed by atoms with Gasteiger partial charge < -0.3 is 9.73 Å². The first-order valence-corrected chi connectivity index (χ1v) is 8.16. The van der Waals surface area contributed by atoms with Crippen LogP contribution in [0, 0.1) is 17.2 Å². The molecule has 0 aliphatic heterocycles. The third-order valence-corrected chi connectivity index (χ3v) is 4.42. The molecule has 3 atom stereocenters. The van der Waals surface area contributed by atoms with Crippen molar-refractivity contribution in [3.8, 4) is 6.07 Å². The second-order valence-electron chi connectivity index (χ2n) is 6.34. The minimum absolute atomic E-state index is 0.0440. The van der Waals surface area contributed by atoms with Crippen LogP contribution >= 0.6 is 0 Å². The molecule has 0 radical (unpaired) electrons. The van der Waals surface area contributed by atoms with E-state index in [1.165, 1.54) is 6.08 Å². The largest absolute Gasteiger partial charge is 0.461 e. The molecule has 122 valence electrons. The zero-order valence-corrected chi connectivity index (χ0v) is 13.8. The lowest BCUT2D eigenvalue weighted by atomic mass is 10.1. The predicted molar refractivity (Wildman–Crippen MR) is 91.8 cm³/mol. The Balaban J connectivity index is 1.70. The molecule has 1 aliphatic carbocycles. The minimum Gasteiger partial charge on any atom is -0.461 e. The van der Waals surface area contributed by atoms with E-state index in [1.54, 1.807) is 0 Å². The molecule has 3 unspecified atom stereocenters. The smallest absolute Gasteiger partial charge is 0.262 e. The maximum Gasteiger partial charge on any atom is 0.262 e. The van der Waals surface area contributed by atoms with Crippen molar-refractivity contribution < 1.29 is 9.21 Å². The zero-order chi connectivity index (χ0) is 17.1. The quantitative estimate of drug-likeness (QED) is 0.663. The van der Waals surface area contributed by atoms with Crippen molar-refractivity contribution in [3.63, 3.8) is 0 Å². The summed E-state index contributed by atoms with van der Waals surface area (Å²) in [5.41, 5.74) is 1.04. The topological polar surface area (TPSA) is 66.0 Å². The maximum atomic E-state index is 12.3. The number of nitrogens with one attached hydrogen (secondary N) is 1. The second-order valence-corrected chi connectivity index (χ2v) is 6.34. The van der Waals surface area contributed by atoms with Gasteiger partial charge in [0, 0.05) is 12.0 Å². The van der Waals surface area contributed by atoms with Gasteiger partial charge in [0.05, 0.1) is 6.04 Å². The number of carbonyl (C=O) groups excluding carboxylic acids is 1. The SMILES string of the molecule is CC(NC(=O)/C(C#N)=C/c1ccc(C2CC2C)o1)c1ccccc1. The highest BCUT2D eigenvalue weighted by Crippen LogP contribution is 2.47. The average Bonchev–Trinajstić information content (AvgIpc) is 3.14. The van der Waals surface area contributed by atoms with Gasteiger partial charge in [-0.25, -0.2) is 0 Å². The molecular weight excluding hydrogens is 300 g/mol. The van der Waals surface area contributed by atoms with Crippen molar-refractivity contribution in [1.82, 2.24) is 5.32 Å². The van der Waals surface area contributed by atoms with Crippen LogP contribution in [0.1, 0.15) is 49.3 Å². The van der Waals surface area contributed by atoms with Gasteiger partial charge in [-0.3, -0.25) is 4.79 Å². The van der Waals surface area contributed by atoms with E-state index in [2.05, 4.69) is 12.2 Å². The first-order chi connectivity index (χ1) is 11.6. The summed E-state index contributed by atoms with van der Waals surface area (Å²) in [4.78, 5) is 12.3.